The fourth-order valence-corrected chi connectivity index (χ4v) is 3.61. The average molecular weight is 444 g/mol. The van der Waals surface area contributed by atoms with Crippen molar-refractivity contribution in [2.75, 3.05) is 19.7 Å². The van der Waals surface area contributed by atoms with E-state index in [4.69, 9.17) is 11.5 Å². The molecule has 0 aliphatic carbocycles. The Bertz CT molecular complexity index is 629. The van der Waals surface area contributed by atoms with Gasteiger partial charge in [-0.1, -0.05) is 13.8 Å². The molecule has 1 rings (SSSR count). The first-order valence-corrected chi connectivity index (χ1v) is 10.8. The lowest BCUT2D eigenvalue weighted by molar-refractivity contribution is -0.143. The van der Waals surface area contributed by atoms with Crippen molar-refractivity contribution in [1.29, 1.82) is 0 Å². The van der Waals surface area contributed by atoms with E-state index in [1.165, 1.54) is 4.90 Å². The number of aliphatic carboxylic acids is 1. The number of rotatable bonds is 13. The van der Waals surface area contributed by atoms with Gasteiger partial charge in [-0.05, 0) is 51.0 Å². The Balaban J connectivity index is 2.74. The van der Waals surface area contributed by atoms with Crippen LogP contribution in [0.25, 0.3) is 0 Å². The van der Waals surface area contributed by atoms with Crippen molar-refractivity contribution in [1.82, 2.24) is 15.5 Å². The first-order valence-electron chi connectivity index (χ1n) is 10.8. The zero-order chi connectivity index (χ0) is 23.6. The molecule has 1 heterocycles. The van der Waals surface area contributed by atoms with Crippen molar-refractivity contribution in [3.05, 3.63) is 0 Å². The fraction of sp³-hybridized carbons (Fsp3) is 0.800. The highest BCUT2D eigenvalue weighted by molar-refractivity contribution is 5.94. The first kappa shape index (κ1) is 26.8. The average Bonchev–Trinajstić information content (AvgIpc) is 3.19. The molecule has 31 heavy (non-hydrogen) atoms. The zero-order valence-electron chi connectivity index (χ0n) is 18.4. The molecule has 0 aromatic carbocycles. The standard InChI is InChI=1S/C20H37N5O6/c1-12(2)10-13(22)19(29)25-9-5-7-16(25)18(28)24-15(11-26)17(27)23-14(20(30)31)6-3-4-8-21/h12-16,26H,3-11,21-22H2,1-2H3,(H,23,27)(H,24,28)(H,30,31). The van der Waals surface area contributed by atoms with E-state index in [-0.39, 0.29) is 18.2 Å². The third-order valence-electron chi connectivity index (χ3n) is 5.26. The Morgan fingerprint density at radius 2 is 1.81 bits per heavy atom. The molecule has 0 saturated carbocycles. The Labute approximate surface area is 182 Å². The van der Waals surface area contributed by atoms with Crippen molar-refractivity contribution in [2.24, 2.45) is 17.4 Å². The Hall–Kier alpha value is -2.24. The summed E-state index contributed by atoms with van der Waals surface area (Å²) in [7, 11) is 0. The molecule has 4 unspecified atom stereocenters. The summed E-state index contributed by atoms with van der Waals surface area (Å²) < 4.78 is 0. The van der Waals surface area contributed by atoms with Crippen molar-refractivity contribution >= 4 is 23.7 Å². The second-order valence-electron chi connectivity index (χ2n) is 8.35. The van der Waals surface area contributed by atoms with Gasteiger partial charge in [0.15, 0.2) is 0 Å². The minimum Gasteiger partial charge on any atom is -0.480 e. The van der Waals surface area contributed by atoms with Crippen LogP contribution < -0.4 is 22.1 Å². The number of hydrogen-bond donors (Lipinski definition) is 6. The molecule has 3 amide bonds. The normalized spacial score (nSPS) is 19.0. The topological polar surface area (TPSA) is 188 Å². The maximum atomic E-state index is 12.7. The monoisotopic (exact) mass is 443 g/mol. The van der Waals surface area contributed by atoms with Crippen LogP contribution in [0.15, 0.2) is 0 Å². The van der Waals surface area contributed by atoms with Crippen molar-refractivity contribution in [3.63, 3.8) is 0 Å². The Morgan fingerprint density at radius 3 is 2.35 bits per heavy atom. The van der Waals surface area contributed by atoms with Crippen LogP contribution in [-0.2, 0) is 19.2 Å². The number of likely N-dealkylation sites (tertiary alicyclic amines) is 1. The van der Waals surface area contributed by atoms with E-state index in [1.54, 1.807) is 0 Å². The van der Waals surface area contributed by atoms with E-state index in [1.807, 2.05) is 13.8 Å². The van der Waals surface area contributed by atoms with Gasteiger partial charge in [-0.25, -0.2) is 4.79 Å². The van der Waals surface area contributed by atoms with Gasteiger partial charge in [0.1, 0.15) is 18.1 Å². The highest BCUT2D eigenvalue weighted by Crippen LogP contribution is 2.20. The molecular formula is C20H37N5O6. The van der Waals surface area contributed by atoms with Crippen LogP contribution in [0.3, 0.4) is 0 Å². The number of aliphatic hydroxyl groups excluding tert-OH is 1. The fourth-order valence-electron chi connectivity index (χ4n) is 3.61. The largest absolute Gasteiger partial charge is 0.480 e. The second kappa shape index (κ2) is 13.2. The third-order valence-corrected chi connectivity index (χ3v) is 5.26. The molecule has 1 aliphatic rings. The van der Waals surface area contributed by atoms with Crippen LogP contribution in [0.2, 0.25) is 0 Å². The van der Waals surface area contributed by atoms with Gasteiger partial charge >= 0.3 is 5.97 Å². The summed E-state index contributed by atoms with van der Waals surface area (Å²) in [5.74, 6) is -2.68. The lowest BCUT2D eigenvalue weighted by Crippen LogP contribution is -2.57. The number of carboxylic acid groups (broad SMARTS) is 1. The Kier molecular flexibility index (Phi) is 11.4. The number of nitrogens with two attached hydrogens (primary N) is 2. The van der Waals surface area contributed by atoms with Crippen LogP contribution in [0.1, 0.15) is 52.4 Å². The van der Waals surface area contributed by atoms with Crippen LogP contribution >= 0.6 is 0 Å². The van der Waals surface area contributed by atoms with Crippen molar-refractivity contribution in [2.45, 2.75) is 76.5 Å². The number of nitrogens with one attached hydrogen (secondary N) is 2. The van der Waals surface area contributed by atoms with Crippen LogP contribution in [0.4, 0.5) is 0 Å². The zero-order valence-corrected chi connectivity index (χ0v) is 18.4. The molecule has 178 valence electrons. The molecule has 1 saturated heterocycles. The van der Waals surface area contributed by atoms with Gasteiger partial charge in [-0.15, -0.1) is 0 Å². The molecule has 1 aliphatic heterocycles. The van der Waals surface area contributed by atoms with Crippen LogP contribution in [0, 0.1) is 5.92 Å². The summed E-state index contributed by atoms with van der Waals surface area (Å²) >= 11 is 0. The number of carbonyl (C=O) groups excluding carboxylic acids is 3. The molecule has 11 heteroatoms. The molecule has 0 aromatic heterocycles. The molecule has 8 N–H and O–H groups in total. The maximum absolute atomic E-state index is 12.7. The number of hydrogen-bond acceptors (Lipinski definition) is 7. The van der Waals surface area contributed by atoms with Crippen LogP contribution in [-0.4, -0.2) is 82.7 Å². The number of unbranched alkanes of at least 4 members (excludes halogenated alkanes) is 1. The first-order chi connectivity index (χ1) is 14.6. The van der Waals surface area contributed by atoms with Gasteiger partial charge in [0.25, 0.3) is 0 Å². The molecule has 11 nitrogen and oxygen atoms in total. The predicted octanol–water partition coefficient (Wildman–Crippen LogP) is -1.47. The number of aliphatic hydroxyl groups is 1. The van der Waals surface area contributed by atoms with Gasteiger partial charge in [0.05, 0.1) is 12.6 Å². The van der Waals surface area contributed by atoms with E-state index in [0.29, 0.717) is 45.2 Å². The van der Waals surface area contributed by atoms with E-state index in [0.717, 1.165) is 0 Å². The SMILES string of the molecule is CC(C)CC(N)C(=O)N1CCCC1C(=O)NC(CO)C(=O)NC(CCCCN)C(=O)O. The van der Waals surface area contributed by atoms with Gasteiger partial charge in [-0.3, -0.25) is 14.4 Å². The minimum atomic E-state index is -1.33. The summed E-state index contributed by atoms with van der Waals surface area (Å²) in [6, 6.07) is -3.98. The van der Waals surface area contributed by atoms with E-state index < -0.39 is 48.6 Å². The number of carbonyl (C=O) groups is 4. The van der Waals surface area contributed by atoms with Gasteiger partial charge in [0.2, 0.25) is 17.7 Å². The lowest BCUT2D eigenvalue weighted by Gasteiger charge is -2.28. The summed E-state index contributed by atoms with van der Waals surface area (Å²) in [5.41, 5.74) is 11.4. The summed E-state index contributed by atoms with van der Waals surface area (Å²) in [4.78, 5) is 50.6. The highest BCUT2D eigenvalue weighted by Gasteiger charge is 2.37. The third kappa shape index (κ3) is 8.42. The van der Waals surface area contributed by atoms with E-state index in [9.17, 15) is 29.4 Å². The smallest absolute Gasteiger partial charge is 0.326 e. The quantitative estimate of drug-likeness (QED) is 0.186. The number of nitrogens with zero attached hydrogens (tertiary/aromatic N) is 1. The minimum absolute atomic E-state index is 0.184. The Morgan fingerprint density at radius 1 is 1.13 bits per heavy atom. The molecule has 0 radical (unpaired) electrons. The molecule has 0 spiro atoms. The maximum Gasteiger partial charge on any atom is 0.326 e. The van der Waals surface area contributed by atoms with Gasteiger partial charge in [0, 0.05) is 6.54 Å². The second-order valence-corrected chi connectivity index (χ2v) is 8.35. The summed E-state index contributed by atoms with van der Waals surface area (Å²) in [6.07, 6.45) is 2.85. The van der Waals surface area contributed by atoms with Crippen molar-refractivity contribution < 1.29 is 29.4 Å². The molecule has 0 bridgehead atoms. The van der Waals surface area contributed by atoms with Crippen LogP contribution in [0.5, 0.6) is 0 Å². The number of carboxylic acids is 1. The lowest BCUT2D eigenvalue weighted by atomic mass is 10.0. The van der Waals surface area contributed by atoms with Gasteiger partial charge in [-0.2, -0.15) is 0 Å². The van der Waals surface area contributed by atoms with Crippen molar-refractivity contribution in [3.8, 4) is 0 Å². The highest BCUT2D eigenvalue weighted by atomic mass is 16.4. The molecular weight excluding hydrogens is 406 g/mol. The summed E-state index contributed by atoms with van der Waals surface area (Å²) in [5, 5.41) is 23.6. The van der Waals surface area contributed by atoms with Gasteiger partial charge < -0.3 is 37.2 Å². The predicted molar refractivity (Wildman–Crippen MR) is 114 cm³/mol. The molecule has 4 atom stereocenters. The molecule has 0 aromatic rings. The van der Waals surface area contributed by atoms with E-state index >= 15 is 0 Å². The summed E-state index contributed by atoms with van der Waals surface area (Å²) in [6.45, 7) is 3.99. The molecule has 1 fully saturated rings. The van der Waals surface area contributed by atoms with E-state index in [2.05, 4.69) is 10.6 Å². The number of amides is 3.